The van der Waals surface area contributed by atoms with Gasteiger partial charge in [-0.2, -0.15) is 0 Å². The molecule has 0 radical (unpaired) electrons. The monoisotopic (exact) mass is 285 g/mol. The molecule has 1 heterocycles. The smallest absolute Gasteiger partial charge is 0.337 e. The highest BCUT2D eigenvalue weighted by molar-refractivity contribution is 6.31. The first-order valence-electron chi connectivity index (χ1n) is 6.21. The van der Waals surface area contributed by atoms with Gasteiger partial charge in [-0.15, -0.1) is 0 Å². The zero-order valence-electron chi connectivity index (χ0n) is 10.6. The summed E-state index contributed by atoms with van der Waals surface area (Å²) in [5, 5.41) is 10.6. The first-order valence-corrected chi connectivity index (χ1v) is 6.58. The first kappa shape index (κ1) is 12.8. The lowest BCUT2D eigenvalue weighted by atomic mass is 10.2. The van der Waals surface area contributed by atoms with Crippen molar-refractivity contribution < 1.29 is 9.90 Å². The number of fused-ring (bicyclic) bond motifs is 1. The average Bonchev–Trinajstić information content (AvgIpc) is 2.78. The van der Waals surface area contributed by atoms with E-state index in [1.807, 2.05) is 34.9 Å². The molecule has 20 heavy (non-hydrogen) atoms. The summed E-state index contributed by atoms with van der Waals surface area (Å²) in [6, 6.07) is 15.2. The van der Waals surface area contributed by atoms with Crippen LogP contribution in [-0.2, 0) is 6.54 Å². The standard InChI is InChI=1S/C16H12ClNO2/c17-12-6-7-13-14(16(19)20)10-18(15(13)8-12)9-11-4-2-1-3-5-11/h1-8,10H,9H2,(H,19,20). The SMILES string of the molecule is O=C(O)c1cn(Cc2ccccc2)c2cc(Cl)ccc12. The molecule has 4 heteroatoms. The van der Waals surface area contributed by atoms with Crippen molar-refractivity contribution in [2.24, 2.45) is 0 Å². The molecule has 0 aliphatic rings. The first-order chi connectivity index (χ1) is 9.65. The molecule has 3 rings (SSSR count). The second-order valence-electron chi connectivity index (χ2n) is 4.62. The topological polar surface area (TPSA) is 42.2 Å². The molecule has 0 saturated heterocycles. The summed E-state index contributed by atoms with van der Waals surface area (Å²) >= 11 is 6.02. The maximum atomic E-state index is 11.3. The van der Waals surface area contributed by atoms with Crippen LogP contribution in [-0.4, -0.2) is 15.6 Å². The third-order valence-electron chi connectivity index (χ3n) is 3.27. The molecule has 0 spiro atoms. The van der Waals surface area contributed by atoms with Crippen molar-refractivity contribution in [2.45, 2.75) is 6.54 Å². The van der Waals surface area contributed by atoms with Gasteiger partial charge in [0, 0.05) is 23.2 Å². The average molecular weight is 286 g/mol. The van der Waals surface area contributed by atoms with Gasteiger partial charge in [0.2, 0.25) is 0 Å². The Hall–Kier alpha value is -2.26. The van der Waals surface area contributed by atoms with Gasteiger partial charge in [0.05, 0.1) is 11.1 Å². The van der Waals surface area contributed by atoms with Crippen LogP contribution < -0.4 is 0 Å². The third-order valence-corrected chi connectivity index (χ3v) is 3.51. The van der Waals surface area contributed by atoms with Gasteiger partial charge in [-0.05, 0) is 17.7 Å². The van der Waals surface area contributed by atoms with E-state index >= 15 is 0 Å². The van der Waals surface area contributed by atoms with Crippen LogP contribution in [0.15, 0.2) is 54.7 Å². The minimum absolute atomic E-state index is 0.299. The number of aromatic carboxylic acids is 1. The normalized spacial score (nSPS) is 10.8. The minimum atomic E-state index is -0.927. The zero-order chi connectivity index (χ0) is 14.1. The Morgan fingerprint density at radius 2 is 1.90 bits per heavy atom. The molecule has 0 saturated carbocycles. The second kappa shape index (κ2) is 5.02. The highest BCUT2D eigenvalue weighted by Crippen LogP contribution is 2.25. The Morgan fingerprint density at radius 1 is 1.15 bits per heavy atom. The van der Waals surface area contributed by atoms with Gasteiger partial charge in [-0.1, -0.05) is 48.0 Å². The second-order valence-corrected chi connectivity index (χ2v) is 5.06. The predicted octanol–water partition coefficient (Wildman–Crippen LogP) is 4.04. The van der Waals surface area contributed by atoms with Crippen molar-refractivity contribution >= 4 is 28.5 Å². The van der Waals surface area contributed by atoms with E-state index in [1.54, 1.807) is 24.4 Å². The molecule has 100 valence electrons. The van der Waals surface area contributed by atoms with Gasteiger partial charge >= 0.3 is 5.97 Å². The summed E-state index contributed by atoms with van der Waals surface area (Å²) in [5.41, 5.74) is 2.24. The van der Waals surface area contributed by atoms with E-state index in [2.05, 4.69) is 0 Å². The van der Waals surface area contributed by atoms with E-state index < -0.39 is 5.97 Å². The molecule has 1 N–H and O–H groups in total. The maximum absolute atomic E-state index is 11.3. The van der Waals surface area contributed by atoms with Crippen molar-refractivity contribution in [3.05, 3.63) is 70.9 Å². The molecule has 0 unspecified atom stereocenters. The number of carboxylic acids is 1. The molecule has 0 amide bonds. The van der Waals surface area contributed by atoms with Crippen LogP contribution in [0.3, 0.4) is 0 Å². The third kappa shape index (κ3) is 2.28. The highest BCUT2D eigenvalue weighted by Gasteiger charge is 2.14. The summed E-state index contributed by atoms with van der Waals surface area (Å²) in [5.74, 6) is -0.927. The van der Waals surface area contributed by atoms with Crippen LogP contribution >= 0.6 is 11.6 Å². The van der Waals surface area contributed by atoms with Gasteiger partial charge in [0.25, 0.3) is 0 Å². The van der Waals surface area contributed by atoms with Crippen LogP contribution in [0.25, 0.3) is 10.9 Å². The zero-order valence-corrected chi connectivity index (χ0v) is 11.3. The molecular formula is C16H12ClNO2. The maximum Gasteiger partial charge on any atom is 0.337 e. The largest absolute Gasteiger partial charge is 0.478 e. The molecule has 1 aromatic heterocycles. The Labute approximate surface area is 121 Å². The number of aromatic nitrogens is 1. The lowest BCUT2D eigenvalue weighted by Gasteiger charge is -2.05. The van der Waals surface area contributed by atoms with E-state index in [9.17, 15) is 9.90 Å². The quantitative estimate of drug-likeness (QED) is 0.789. The number of halogens is 1. The molecule has 3 nitrogen and oxygen atoms in total. The Balaban J connectivity index is 2.15. The van der Waals surface area contributed by atoms with E-state index in [0.717, 1.165) is 11.1 Å². The van der Waals surface area contributed by atoms with Crippen LogP contribution in [0.4, 0.5) is 0 Å². The summed E-state index contributed by atoms with van der Waals surface area (Å²) in [6.45, 7) is 0.616. The van der Waals surface area contributed by atoms with Crippen molar-refractivity contribution in [3.8, 4) is 0 Å². The molecule has 0 aliphatic carbocycles. The fourth-order valence-electron chi connectivity index (χ4n) is 2.35. The lowest BCUT2D eigenvalue weighted by Crippen LogP contribution is -1.98. The number of rotatable bonds is 3. The van der Waals surface area contributed by atoms with Crippen molar-refractivity contribution in [1.82, 2.24) is 4.57 Å². The van der Waals surface area contributed by atoms with E-state index in [-0.39, 0.29) is 0 Å². The Bertz CT molecular complexity index is 778. The fourth-order valence-corrected chi connectivity index (χ4v) is 2.51. The van der Waals surface area contributed by atoms with Gasteiger partial charge in [-0.25, -0.2) is 4.79 Å². The molecule has 0 atom stereocenters. The Morgan fingerprint density at radius 3 is 2.60 bits per heavy atom. The van der Waals surface area contributed by atoms with E-state index in [0.29, 0.717) is 22.5 Å². The number of carbonyl (C=O) groups is 1. The Kier molecular flexibility index (Phi) is 3.20. The van der Waals surface area contributed by atoms with Crippen molar-refractivity contribution in [3.63, 3.8) is 0 Å². The van der Waals surface area contributed by atoms with Crippen LogP contribution in [0.5, 0.6) is 0 Å². The number of benzene rings is 2. The highest BCUT2D eigenvalue weighted by atomic mass is 35.5. The number of hydrogen-bond donors (Lipinski definition) is 1. The molecule has 3 aromatic rings. The molecule has 0 bridgehead atoms. The number of carboxylic acid groups (broad SMARTS) is 1. The van der Waals surface area contributed by atoms with Gasteiger partial charge in [-0.3, -0.25) is 0 Å². The predicted molar refractivity (Wildman–Crippen MR) is 79.5 cm³/mol. The molecule has 0 fully saturated rings. The van der Waals surface area contributed by atoms with Crippen LogP contribution in [0, 0.1) is 0 Å². The van der Waals surface area contributed by atoms with Crippen LogP contribution in [0.1, 0.15) is 15.9 Å². The van der Waals surface area contributed by atoms with E-state index in [4.69, 9.17) is 11.6 Å². The van der Waals surface area contributed by atoms with Crippen molar-refractivity contribution in [2.75, 3.05) is 0 Å². The fraction of sp³-hybridized carbons (Fsp3) is 0.0625. The van der Waals surface area contributed by atoms with Gasteiger partial charge in [0.1, 0.15) is 0 Å². The van der Waals surface area contributed by atoms with Gasteiger partial charge in [0.15, 0.2) is 0 Å². The van der Waals surface area contributed by atoms with Gasteiger partial charge < -0.3 is 9.67 Å². The minimum Gasteiger partial charge on any atom is -0.478 e. The van der Waals surface area contributed by atoms with Crippen molar-refractivity contribution in [1.29, 1.82) is 0 Å². The summed E-state index contributed by atoms with van der Waals surface area (Å²) in [7, 11) is 0. The van der Waals surface area contributed by atoms with E-state index in [1.165, 1.54) is 0 Å². The summed E-state index contributed by atoms with van der Waals surface area (Å²) in [6.07, 6.45) is 1.66. The molecule has 0 aliphatic heterocycles. The summed E-state index contributed by atoms with van der Waals surface area (Å²) < 4.78 is 1.92. The molecular weight excluding hydrogens is 274 g/mol. The summed E-state index contributed by atoms with van der Waals surface area (Å²) in [4.78, 5) is 11.3. The number of hydrogen-bond acceptors (Lipinski definition) is 1. The van der Waals surface area contributed by atoms with Crippen LogP contribution in [0.2, 0.25) is 5.02 Å². The molecule has 2 aromatic carbocycles. The number of nitrogens with zero attached hydrogens (tertiary/aromatic N) is 1. The lowest BCUT2D eigenvalue weighted by molar-refractivity contribution is 0.0699.